The molecule has 0 unspecified atom stereocenters. The number of nitrogens with zero attached hydrogens (tertiary/aromatic N) is 1. The Labute approximate surface area is 130 Å². The maximum atomic E-state index is 13.2. The molecule has 21 heavy (non-hydrogen) atoms. The molecule has 0 saturated heterocycles. The van der Waals surface area contributed by atoms with Gasteiger partial charge < -0.3 is 10.2 Å². The smallest absolute Gasteiger partial charge is 0.173 e. The van der Waals surface area contributed by atoms with Crippen molar-refractivity contribution in [3.8, 4) is 0 Å². The van der Waals surface area contributed by atoms with Gasteiger partial charge in [-0.15, -0.1) is 0 Å². The van der Waals surface area contributed by atoms with Crippen molar-refractivity contribution in [2.75, 3.05) is 12.4 Å². The van der Waals surface area contributed by atoms with Gasteiger partial charge in [0.1, 0.15) is 5.82 Å². The van der Waals surface area contributed by atoms with Crippen LogP contribution in [0.1, 0.15) is 18.1 Å². The molecule has 2 aromatic rings. The van der Waals surface area contributed by atoms with Crippen molar-refractivity contribution in [2.45, 2.75) is 19.9 Å². The molecule has 0 aliphatic heterocycles. The molecule has 0 radical (unpaired) electrons. The van der Waals surface area contributed by atoms with Crippen LogP contribution in [-0.2, 0) is 13.0 Å². The van der Waals surface area contributed by atoms with Crippen LogP contribution in [0.3, 0.4) is 0 Å². The minimum atomic E-state index is -0.226. The molecule has 2 aromatic carbocycles. The number of anilines is 1. The Balaban J connectivity index is 2.02. The zero-order valence-electron chi connectivity index (χ0n) is 12.3. The Hall–Kier alpha value is -1.94. The molecular formula is C17H19FN2S. The minimum Gasteiger partial charge on any atom is -0.348 e. The lowest BCUT2D eigenvalue weighted by Crippen LogP contribution is -2.30. The zero-order valence-corrected chi connectivity index (χ0v) is 13.1. The Morgan fingerprint density at radius 2 is 1.95 bits per heavy atom. The van der Waals surface area contributed by atoms with E-state index in [9.17, 15) is 4.39 Å². The molecule has 0 heterocycles. The molecule has 0 amide bonds. The molecule has 0 bridgehead atoms. The van der Waals surface area contributed by atoms with Gasteiger partial charge in [-0.25, -0.2) is 4.39 Å². The van der Waals surface area contributed by atoms with Crippen LogP contribution in [0.4, 0.5) is 10.1 Å². The van der Waals surface area contributed by atoms with Gasteiger partial charge in [-0.1, -0.05) is 37.3 Å². The van der Waals surface area contributed by atoms with Gasteiger partial charge >= 0.3 is 0 Å². The molecule has 0 spiro atoms. The molecule has 0 saturated carbocycles. The third-order valence-electron chi connectivity index (χ3n) is 3.30. The molecule has 1 N–H and O–H groups in total. The van der Waals surface area contributed by atoms with E-state index in [1.54, 1.807) is 6.07 Å². The van der Waals surface area contributed by atoms with E-state index in [2.05, 4.69) is 18.3 Å². The van der Waals surface area contributed by atoms with Gasteiger partial charge in [0.25, 0.3) is 0 Å². The summed E-state index contributed by atoms with van der Waals surface area (Å²) in [6.45, 7) is 2.68. The quantitative estimate of drug-likeness (QED) is 0.851. The first-order valence-corrected chi connectivity index (χ1v) is 7.35. The fraction of sp³-hybridized carbons (Fsp3) is 0.235. The van der Waals surface area contributed by atoms with Crippen molar-refractivity contribution in [1.29, 1.82) is 0 Å². The first-order chi connectivity index (χ1) is 10.1. The Morgan fingerprint density at radius 3 is 2.67 bits per heavy atom. The number of hydrogen-bond donors (Lipinski definition) is 1. The summed E-state index contributed by atoms with van der Waals surface area (Å²) in [5.74, 6) is -0.226. The van der Waals surface area contributed by atoms with E-state index in [1.807, 2.05) is 36.2 Å². The van der Waals surface area contributed by atoms with Gasteiger partial charge in [-0.3, -0.25) is 0 Å². The maximum Gasteiger partial charge on any atom is 0.173 e. The zero-order chi connectivity index (χ0) is 15.2. The molecule has 110 valence electrons. The lowest BCUT2D eigenvalue weighted by atomic mass is 10.1. The molecule has 0 aromatic heterocycles. The summed E-state index contributed by atoms with van der Waals surface area (Å²) in [5.41, 5.74) is 3.14. The number of benzene rings is 2. The van der Waals surface area contributed by atoms with Crippen LogP contribution in [0.5, 0.6) is 0 Å². The van der Waals surface area contributed by atoms with E-state index in [0.717, 1.165) is 17.7 Å². The molecule has 0 fully saturated rings. The van der Waals surface area contributed by atoms with Crippen LogP contribution in [0, 0.1) is 5.82 Å². The summed E-state index contributed by atoms with van der Waals surface area (Å²) in [5, 5.41) is 3.88. The highest BCUT2D eigenvalue weighted by molar-refractivity contribution is 7.80. The van der Waals surface area contributed by atoms with Gasteiger partial charge in [0.05, 0.1) is 0 Å². The molecule has 0 aliphatic carbocycles. The summed E-state index contributed by atoms with van der Waals surface area (Å²) >= 11 is 5.42. The summed E-state index contributed by atoms with van der Waals surface area (Å²) in [7, 11) is 1.90. The number of rotatable bonds is 4. The predicted octanol–water partition coefficient (Wildman–Crippen LogP) is 4.22. The van der Waals surface area contributed by atoms with Crippen LogP contribution >= 0.6 is 12.2 Å². The second kappa shape index (κ2) is 7.18. The number of para-hydroxylation sites is 1. The SMILES string of the molecule is CCc1ccccc1NC(=S)N(C)Cc1cccc(F)c1. The van der Waals surface area contributed by atoms with Crippen molar-refractivity contribution in [1.82, 2.24) is 4.90 Å². The Morgan fingerprint density at radius 1 is 1.19 bits per heavy atom. The van der Waals surface area contributed by atoms with E-state index in [1.165, 1.54) is 17.7 Å². The lowest BCUT2D eigenvalue weighted by molar-refractivity contribution is 0.505. The number of aryl methyl sites for hydroxylation is 1. The number of hydrogen-bond acceptors (Lipinski definition) is 1. The summed E-state index contributed by atoms with van der Waals surface area (Å²) in [4.78, 5) is 1.90. The predicted molar refractivity (Wildman–Crippen MR) is 89.9 cm³/mol. The van der Waals surface area contributed by atoms with Crippen LogP contribution in [0.15, 0.2) is 48.5 Å². The van der Waals surface area contributed by atoms with Gasteiger partial charge in [-0.05, 0) is 48.0 Å². The largest absolute Gasteiger partial charge is 0.348 e. The van der Waals surface area contributed by atoms with Crippen molar-refractivity contribution in [2.24, 2.45) is 0 Å². The van der Waals surface area contributed by atoms with E-state index in [0.29, 0.717) is 11.7 Å². The van der Waals surface area contributed by atoms with Gasteiger partial charge in [0, 0.05) is 19.3 Å². The normalized spacial score (nSPS) is 10.2. The summed E-state index contributed by atoms with van der Waals surface area (Å²) in [6.07, 6.45) is 0.944. The third kappa shape index (κ3) is 4.26. The number of nitrogens with one attached hydrogen (secondary N) is 1. The van der Waals surface area contributed by atoms with Crippen LogP contribution in [0.2, 0.25) is 0 Å². The van der Waals surface area contributed by atoms with Gasteiger partial charge in [-0.2, -0.15) is 0 Å². The highest BCUT2D eigenvalue weighted by Crippen LogP contribution is 2.16. The van der Waals surface area contributed by atoms with E-state index in [4.69, 9.17) is 12.2 Å². The molecule has 0 aliphatic rings. The second-order valence-electron chi connectivity index (χ2n) is 4.93. The van der Waals surface area contributed by atoms with E-state index >= 15 is 0 Å². The monoisotopic (exact) mass is 302 g/mol. The minimum absolute atomic E-state index is 0.226. The first kappa shape index (κ1) is 15.4. The molecule has 2 rings (SSSR count). The molecular weight excluding hydrogens is 283 g/mol. The average Bonchev–Trinajstić information content (AvgIpc) is 2.47. The van der Waals surface area contributed by atoms with Crippen molar-refractivity contribution in [3.63, 3.8) is 0 Å². The molecule has 0 atom stereocenters. The van der Waals surface area contributed by atoms with E-state index in [-0.39, 0.29) is 5.82 Å². The van der Waals surface area contributed by atoms with Crippen molar-refractivity contribution >= 4 is 23.0 Å². The van der Waals surface area contributed by atoms with Crippen molar-refractivity contribution in [3.05, 3.63) is 65.5 Å². The van der Waals surface area contributed by atoms with Crippen molar-refractivity contribution < 1.29 is 4.39 Å². The highest BCUT2D eigenvalue weighted by Gasteiger charge is 2.08. The molecule has 2 nitrogen and oxygen atoms in total. The topological polar surface area (TPSA) is 15.3 Å². The summed E-state index contributed by atoms with van der Waals surface area (Å²) in [6, 6.07) is 14.7. The highest BCUT2D eigenvalue weighted by atomic mass is 32.1. The average molecular weight is 302 g/mol. The van der Waals surface area contributed by atoms with Crippen LogP contribution < -0.4 is 5.32 Å². The Kier molecular flexibility index (Phi) is 5.28. The maximum absolute atomic E-state index is 13.2. The van der Waals surface area contributed by atoms with Crippen LogP contribution in [0.25, 0.3) is 0 Å². The molecule has 4 heteroatoms. The second-order valence-corrected chi connectivity index (χ2v) is 5.31. The summed E-state index contributed by atoms with van der Waals surface area (Å²) < 4.78 is 13.2. The Bertz CT molecular complexity index is 628. The van der Waals surface area contributed by atoms with E-state index < -0.39 is 0 Å². The van der Waals surface area contributed by atoms with Gasteiger partial charge in [0.15, 0.2) is 5.11 Å². The fourth-order valence-corrected chi connectivity index (χ4v) is 2.32. The standard InChI is InChI=1S/C17H19FN2S/c1-3-14-8-4-5-10-16(14)19-17(21)20(2)12-13-7-6-9-15(18)11-13/h4-11H,3,12H2,1-2H3,(H,19,21). The number of thiocarbonyl (C=S) groups is 1. The van der Waals surface area contributed by atoms with Crippen LogP contribution in [-0.4, -0.2) is 17.1 Å². The fourth-order valence-electron chi connectivity index (χ4n) is 2.14. The number of halogens is 1. The van der Waals surface area contributed by atoms with Gasteiger partial charge in [0.2, 0.25) is 0 Å². The lowest BCUT2D eigenvalue weighted by Gasteiger charge is -2.22. The third-order valence-corrected chi connectivity index (χ3v) is 3.71. The first-order valence-electron chi connectivity index (χ1n) is 6.94.